The number of ether oxygens (including phenoxy) is 1. The molecule has 1 N–H and O–H groups in total. The lowest BCUT2D eigenvalue weighted by atomic mass is 9.94. The zero-order valence-corrected chi connectivity index (χ0v) is 11.4. The topological polar surface area (TPSA) is 66.8 Å². The molecule has 0 bridgehead atoms. The number of hydrogen-bond donors (Lipinski definition) is 1. The lowest BCUT2D eigenvalue weighted by Crippen LogP contribution is -2.52. The lowest BCUT2D eigenvalue weighted by Gasteiger charge is -2.37. The van der Waals surface area contributed by atoms with Crippen LogP contribution in [-0.2, 0) is 14.3 Å². The fraction of sp³-hybridized carbons (Fsp3) is 0.846. The van der Waals surface area contributed by atoms with Crippen molar-refractivity contribution < 1.29 is 19.4 Å². The summed E-state index contributed by atoms with van der Waals surface area (Å²) in [5.74, 6) is -0.942. The van der Waals surface area contributed by atoms with Gasteiger partial charge in [-0.05, 0) is 32.1 Å². The first-order chi connectivity index (χ1) is 8.35. The lowest BCUT2D eigenvalue weighted by molar-refractivity contribution is -0.165. The summed E-state index contributed by atoms with van der Waals surface area (Å²) in [7, 11) is 0. The highest BCUT2D eigenvalue weighted by molar-refractivity contribution is 5.87. The van der Waals surface area contributed by atoms with E-state index in [2.05, 4.69) is 0 Å². The van der Waals surface area contributed by atoms with Crippen molar-refractivity contribution in [3.05, 3.63) is 0 Å². The zero-order valence-electron chi connectivity index (χ0n) is 11.4. The maximum absolute atomic E-state index is 12.4. The average molecular weight is 257 g/mol. The minimum atomic E-state index is -0.983. The zero-order chi connectivity index (χ0) is 13.8. The predicted molar refractivity (Wildman–Crippen MR) is 67.3 cm³/mol. The van der Waals surface area contributed by atoms with Gasteiger partial charge in [0.2, 0.25) is 0 Å². The molecular formula is C13H23NO4. The molecule has 0 spiro atoms. The molecule has 104 valence electrons. The van der Waals surface area contributed by atoms with Gasteiger partial charge in [-0.1, -0.05) is 13.8 Å². The van der Waals surface area contributed by atoms with E-state index < -0.39 is 11.6 Å². The first-order valence-electron chi connectivity index (χ1n) is 6.50. The predicted octanol–water partition coefficient (Wildman–Crippen LogP) is 1.51. The standard InChI is InChI=1S/C13H23NO4/c1-10(2)8-14(9-11(15)16)12(17)13(3)6-4-5-7-18-13/h10H,4-9H2,1-3H3,(H,15,16)/t13-/m1/s1. The number of aliphatic carboxylic acids is 1. The van der Waals surface area contributed by atoms with E-state index in [1.807, 2.05) is 13.8 Å². The van der Waals surface area contributed by atoms with Gasteiger partial charge in [0.15, 0.2) is 0 Å². The highest BCUT2D eigenvalue weighted by Gasteiger charge is 2.39. The van der Waals surface area contributed by atoms with Crippen LogP contribution in [0.1, 0.15) is 40.0 Å². The molecule has 18 heavy (non-hydrogen) atoms. The number of carboxylic acids is 1. The van der Waals surface area contributed by atoms with Crippen LogP contribution in [0.3, 0.4) is 0 Å². The summed E-state index contributed by atoms with van der Waals surface area (Å²) >= 11 is 0. The molecule has 0 unspecified atom stereocenters. The largest absolute Gasteiger partial charge is 0.480 e. The summed E-state index contributed by atoms with van der Waals surface area (Å²) in [5, 5.41) is 8.89. The molecule has 1 atom stereocenters. The Hall–Kier alpha value is -1.10. The summed E-state index contributed by atoms with van der Waals surface area (Å²) in [6, 6.07) is 0. The van der Waals surface area contributed by atoms with Crippen molar-refractivity contribution in [1.82, 2.24) is 4.90 Å². The molecule has 0 aromatic rings. The monoisotopic (exact) mass is 257 g/mol. The number of carboxylic acid groups (broad SMARTS) is 1. The molecule has 1 aliphatic heterocycles. The smallest absolute Gasteiger partial charge is 0.323 e. The van der Waals surface area contributed by atoms with E-state index in [-0.39, 0.29) is 18.4 Å². The van der Waals surface area contributed by atoms with Crippen LogP contribution in [0.2, 0.25) is 0 Å². The molecule has 1 amide bonds. The second-order valence-corrected chi connectivity index (χ2v) is 5.51. The van der Waals surface area contributed by atoms with E-state index in [0.29, 0.717) is 19.6 Å². The summed E-state index contributed by atoms with van der Waals surface area (Å²) in [5.41, 5.74) is -0.845. The second-order valence-electron chi connectivity index (χ2n) is 5.51. The van der Waals surface area contributed by atoms with Gasteiger partial charge < -0.3 is 14.7 Å². The Morgan fingerprint density at radius 1 is 1.39 bits per heavy atom. The summed E-state index contributed by atoms with van der Waals surface area (Å²) in [6.45, 7) is 6.47. The van der Waals surface area contributed by atoms with Crippen LogP contribution < -0.4 is 0 Å². The van der Waals surface area contributed by atoms with Gasteiger partial charge in [0.1, 0.15) is 12.1 Å². The van der Waals surface area contributed by atoms with Crippen molar-refractivity contribution in [1.29, 1.82) is 0 Å². The number of amides is 1. The van der Waals surface area contributed by atoms with Gasteiger partial charge in [-0.3, -0.25) is 9.59 Å². The molecule has 1 saturated heterocycles. The molecule has 1 aliphatic rings. The third-order valence-electron chi connectivity index (χ3n) is 3.12. The molecule has 0 aromatic carbocycles. The maximum Gasteiger partial charge on any atom is 0.323 e. The van der Waals surface area contributed by atoms with E-state index in [9.17, 15) is 9.59 Å². The molecule has 0 aromatic heterocycles. The fourth-order valence-corrected chi connectivity index (χ4v) is 2.26. The van der Waals surface area contributed by atoms with E-state index in [0.717, 1.165) is 12.8 Å². The number of rotatable bonds is 5. The Morgan fingerprint density at radius 2 is 2.06 bits per heavy atom. The molecule has 1 rings (SSSR count). The summed E-state index contributed by atoms with van der Waals surface area (Å²) in [4.78, 5) is 24.7. The van der Waals surface area contributed by atoms with Gasteiger partial charge in [0.25, 0.3) is 5.91 Å². The van der Waals surface area contributed by atoms with Crippen LogP contribution in [0.4, 0.5) is 0 Å². The minimum Gasteiger partial charge on any atom is -0.480 e. The highest BCUT2D eigenvalue weighted by Crippen LogP contribution is 2.26. The Kier molecular flexibility index (Phi) is 5.14. The van der Waals surface area contributed by atoms with E-state index in [1.54, 1.807) is 6.92 Å². The normalized spacial score (nSPS) is 24.0. The van der Waals surface area contributed by atoms with Crippen LogP contribution in [0.25, 0.3) is 0 Å². The van der Waals surface area contributed by atoms with Crippen LogP contribution in [-0.4, -0.2) is 47.2 Å². The van der Waals surface area contributed by atoms with Crippen LogP contribution in [0.5, 0.6) is 0 Å². The second kappa shape index (κ2) is 6.18. The molecule has 0 saturated carbocycles. The van der Waals surface area contributed by atoms with Crippen molar-refractivity contribution >= 4 is 11.9 Å². The Labute approximate surface area is 108 Å². The Morgan fingerprint density at radius 3 is 2.50 bits per heavy atom. The molecule has 5 heteroatoms. The van der Waals surface area contributed by atoms with Gasteiger partial charge >= 0.3 is 5.97 Å². The van der Waals surface area contributed by atoms with Crippen LogP contribution in [0.15, 0.2) is 0 Å². The number of carbonyl (C=O) groups is 2. The summed E-state index contributed by atoms with van der Waals surface area (Å²) < 4.78 is 5.59. The highest BCUT2D eigenvalue weighted by atomic mass is 16.5. The van der Waals surface area contributed by atoms with Gasteiger partial charge in [-0.25, -0.2) is 0 Å². The van der Waals surface area contributed by atoms with Crippen LogP contribution in [0, 0.1) is 5.92 Å². The number of hydrogen-bond acceptors (Lipinski definition) is 3. The third-order valence-corrected chi connectivity index (χ3v) is 3.12. The van der Waals surface area contributed by atoms with E-state index in [1.165, 1.54) is 4.90 Å². The average Bonchev–Trinajstić information content (AvgIpc) is 2.27. The van der Waals surface area contributed by atoms with Gasteiger partial charge in [-0.2, -0.15) is 0 Å². The van der Waals surface area contributed by atoms with Gasteiger partial charge in [-0.15, -0.1) is 0 Å². The van der Waals surface area contributed by atoms with Crippen molar-refractivity contribution in [3.8, 4) is 0 Å². The molecule has 5 nitrogen and oxygen atoms in total. The number of nitrogens with zero attached hydrogens (tertiary/aromatic N) is 1. The van der Waals surface area contributed by atoms with Crippen LogP contribution >= 0.6 is 0 Å². The molecule has 0 radical (unpaired) electrons. The van der Waals surface area contributed by atoms with Crippen molar-refractivity contribution in [2.75, 3.05) is 19.7 Å². The minimum absolute atomic E-state index is 0.196. The molecular weight excluding hydrogens is 234 g/mol. The van der Waals surface area contributed by atoms with Gasteiger partial charge in [0, 0.05) is 13.2 Å². The first-order valence-corrected chi connectivity index (χ1v) is 6.50. The Balaban J connectivity index is 2.76. The van der Waals surface area contributed by atoms with Gasteiger partial charge in [0.05, 0.1) is 0 Å². The summed E-state index contributed by atoms with van der Waals surface area (Å²) in [6.07, 6.45) is 2.58. The Bertz CT molecular complexity index is 308. The van der Waals surface area contributed by atoms with Crippen molar-refractivity contribution in [3.63, 3.8) is 0 Å². The fourth-order valence-electron chi connectivity index (χ4n) is 2.26. The maximum atomic E-state index is 12.4. The quantitative estimate of drug-likeness (QED) is 0.810. The molecule has 0 aliphatic carbocycles. The van der Waals surface area contributed by atoms with E-state index in [4.69, 9.17) is 9.84 Å². The van der Waals surface area contributed by atoms with Crippen molar-refractivity contribution in [2.24, 2.45) is 5.92 Å². The number of carbonyl (C=O) groups excluding carboxylic acids is 1. The molecule has 1 fully saturated rings. The third kappa shape index (κ3) is 3.98. The molecule has 1 heterocycles. The van der Waals surface area contributed by atoms with E-state index >= 15 is 0 Å². The first kappa shape index (κ1) is 15.0. The van der Waals surface area contributed by atoms with Crippen molar-refractivity contribution in [2.45, 2.75) is 45.6 Å². The SMILES string of the molecule is CC(C)CN(CC(=O)O)C(=O)[C@@]1(C)CCCCO1.